The van der Waals surface area contributed by atoms with Crippen LogP contribution in [0.1, 0.15) is 19.4 Å². The Morgan fingerprint density at radius 2 is 1.50 bits per heavy atom. The number of alkyl halides is 1. The molecule has 0 fully saturated rings. The van der Waals surface area contributed by atoms with Crippen LogP contribution in [0, 0.1) is 0 Å². The van der Waals surface area contributed by atoms with Crippen molar-refractivity contribution in [1.82, 2.24) is 0 Å². The Labute approximate surface area is 91.4 Å². The summed E-state index contributed by atoms with van der Waals surface area (Å²) in [5, 5.41) is 0. The van der Waals surface area contributed by atoms with Gasteiger partial charge in [-0.3, -0.25) is 9.59 Å². The van der Waals surface area contributed by atoms with Gasteiger partial charge < -0.3 is 0 Å². The standard InChI is InChI=1S/C11H11BrO2/c1-8(13)11(12,9(2)14)10-6-4-3-5-7-10/h3-7H,1-2H3. The van der Waals surface area contributed by atoms with Gasteiger partial charge in [0, 0.05) is 0 Å². The normalized spacial score (nSPS) is 11.1. The molecule has 74 valence electrons. The van der Waals surface area contributed by atoms with E-state index in [9.17, 15) is 9.59 Å². The zero-order chi connectivity index (χ0) is 10.8. The first-order chi connectivity index (χ1) is 6.49. The third-order valence-corrected chi connectivity index (χ3v) is 3.72. The first-order valence-electron chi connectivity index (χ1n) is 4.26. The zero-order valence-electron chi connectivity index (χ0n) is 8.08. The molecule has 0 saturated carbocycles. The number of carbonyl (C=O) groups is 2. The minimum Gasteiger partial charge on any atom is -0.298 e. The van der Waals surface area contributed by atoms with Gasteiger partial charge in [-0.05, 0) is 19.4 Å². The largest absolute Gasteiger partial charge is 0.298 e. The Kier molecular flexibility index (Phi) is 3.21. The molecule has 1 aromatic rings. The minimum atomic E-state index is -1.17. The molecular weight excluding hydrogens is 244 g/mol. The molecule has 0 aromatic heterocycles. The second-order valence-corrected chi connectivity index (χ2v) is 4.33. The van der Waals surface area contributed by atoms with Gasteiger partial charge in [0.05, 0.1) is 0 Å². The quantitative estimate of drug-likeness (QED) is 0.614. The lowest BCUT2D eigenvalue weighted by atomic mass is 9.92. The molecule has 0 amide bonds. The lowest BCUT2D eigenvalue weighted by Crippen LogP contribution is -2.34. The number of halogens is 1. The molecule has 0 aliphatic carbocycles. The maximum atomic E-state index is 11.4. The molecule has 0 spiro atoms. The van der Waals surface area contributed by atoms with Crippen LogP contribution in [-0.4, -0.2) is 11.6 Å². The Hall–Kier alpha value is -0.960. The average molecular weight is 255 g/mol. The molecule has 0 aliphatic rings. The van der Waals surface area contributed by atoms with Gasteiger partial charge in [0.1, 0.15) is 0 Å². The monoisotopic (exact) mass is 254 g/mol. The smallest absolute Gasteiger partial charge is 0.166 e. The third kappa shape index (κ3) is 1.77. The number of rotatable bonds is 3. The number of Topliss-reactive ketones (excluding diaryl/α,β-unsaturated/α-hetero) is 2. The van der Waals surface area contributed by atoms with Crippen LogP contribution in [0.4, 0.5) is 0 Å². The Morgan fingerprint density at radius 1 is 1.07 bits per heavy atom. The summed E-state index contributed by atoms with van der Waals surface area (Å²) in [7, 11) is 0. The Bertz CT molecular complexity index is 343. The first-order valence-corrected chi connectivity index (χ1v) is 5.05. The van der Waals surface area contributed by atoms with Gasteiger partial charge >= 0.3 is 0 Å². The van der Waals surface area contributed by atoms with E-state index < -0.39 is 4.32 Å². The van der Waals surface area contributed by atoms with Crippen LogP contribution < -0.4 is 0 Å². The van der Waals surface area contributed by atoms with Crippen molar-refractivity contribution >= 4 is 27.5 Å². The molecule has 0 saturated heterocycles. The Balaban J connectivity index is 3.27. The van der Waals surface area contributed by atoms with Crippen LogP contribution in [0.25, 0.3) is 0 Å². The van der Waals surface area contributed by atoms with Crippen molar-refractivity contribution < 1.29 is 9.59 Å². The predicted octanol–water partition coefficient (Wildman–Crippen LogP) is 2.45. The highest BCUT2D eigenvalue weighted by Gasteiger charge is 2.39. The van der Waals surface area contributed by atoms with E-state index in [4.69, 9.17) is 0 Å². The summed E-state index contributed by atoms with van der Waals surface area (Å²) in [6.45, 7) is 2.81. The van der Waals surface area contributed by atoms with Crippen molar-refractivity contribution in [3.05, 3.63) is 35.9 Å². The van der Waals surface area contributed by atoms with E-state index in [2.05, 4.69) is 15.9 Å². The number of ketones is 2. The number of hydrogen-bond acceptors (Lipinski definition) is 2. The highest BCUT2D eigenvalue weighted by Crippen LogP contribution is 2.33. The minimum absolute atomic E-state index is 0.198. The van der Waals surface area contributed by atoms with Crippen molar-refractivity contribution in [2.24, 2.45) is 0 Å². The molecule has 0 aliphatic heterocycles. The van der Waals surface area contributed by atoms with Crippen molar-refractivity contribution in [3.8, 4) is 0 Å². The molecule has 1 aromatic carbocycles. The van der Waals surface area contributed by atoms with Gasteiger partial charge in [0.15, 0.2) is 15.9 Å². The average Bonchev–Trinajstić information content (AvgIpc) is 2.17. The molecule has 3 heteroatoms. The second kappa shape index (κ2) is 4.05. The van der Waals surface area contributed by atoms with Crippen LogP contribution in [-0.2, 0) is 13.9 Å². The molecule has 0 unspecified atom stereocenters. The molecule has 0 heterocycles. The molecule has 0 N–H and O–H groups in total. The van der Waals surface area contributed by atoms with E-state index in [0.717, 1.165) is 0 Å². The summed E-state index contributed by atoms with van der Waals surface area (Å²) in [6.07, 6.45) is 0. The lowest BCUT2D eigenvalue weighted by Gasteiger charge is -2.21. The molecule has 14 heavy (non-hydrogen) atoms. The maximum absolute atomic E-state index is 11.4. The maximum Gasteiger partial charge on any atom is 0.166 e. The summed E-state index contributed by atoms with van der Waals surface area (Å²) in [4.78, 5) is 22.9. The molecule has 1 rings (SSSR count). The van der Waals surface area contributed by atoms with Crippen molar-refractivity contribution in [1.29, 1.82) is 0 Å². The second-order valence-electron chi connectivity index (χ2n) is 3.14. The topological polar surface area (TPSA) is 34.1 Å². The number of benzene rings is 1. The first kappa shape index (κ1) is 11.1. The number of hydrogen-bond donors (Lipinski definition) is 0. The van der Waals surface area contributed by atoms with E-state index in [1.54, 1.807) is 24.3 Å². The van der Waals surface area contributed by atoms with E-state index in [0.29, 0.717) is 5.56 Å². The van der Waals surface area contributed by atoms with Gasteiger partial charge in [-0.15, -0.1) is 0 Å². The van der Waals surface area contributed by atoms with E-state index in [1.165, 1.54) is 13.8 Å². The van der Waals surface area contributed by atoms with Crippen molar-refractivity contribution in [3.63, 3.8) is 0 Å². The molecule has 0 atom stereocenters. The summed E-state index contributed by atoms with van der Waals surface area (Å²) in [5.74, 6) is -0.396. The summed E-state index contributed by atoms with van der Waals surface area (Å²) >= 11 is 3.22. The van der Waals surface area contributed by atoms with E-state index in [-0.39, 0.29) is 11.6 Å². The summed E-state index contributed by atoms with van der Waals surface area (Å²) < 4.78 is -1.17. The fourth-order valence-electron chi connectivity index (χ4n) is 1.32. The third-order valence-electron chi connectivity index (χ3n) is 2.14. The van der Waals surface area contributed by atoms with Crippen LogP contribution in [0.15, 0.2) is 30.3 Å². The fraction of sp³-hybridized carbons (Fsp3) is 0.273. The fourth-order valence-corrected chi connectivity index (χ4v) is 1.59. The van der Waals surface area contributed by atoms with Gasteiger partial charge in [0.25, 0.3) is 0 Å². The van der Waals surface area contributed by atoms with Crippen LogP contribution in [0.2, 0.25) is 0 Å². The van der Waals surface area contributed by atoms with Gasteiger partial charge in [-0.2, -0.15) is 0 Å². The van der Waals surface area contributed by atoms with Crippen molar-refractivity contribution in [2.45, 2.75) is 18.2 Å². The Morgan fingerprint density at radius 3 is 1.86 bits per heavy atom. The van der Waals surface area contributed by atoms with E-state index >= 15 is 0 Å². The highest BCUT2D eigenvalue weighted by molar-refractivity contribution is 9.10. The predicted molar refractivity (Wildman–Crippen MR) is 58.4 cm³/mol. The molecule has 0 bridgehead atoms. The van der Waals surface area contributed by atoms with Gasteiger partial charge in [0.2, 0.25) is 0 Å². The van der Waals surface area contributed by atoms with Gasteiger partial charge in [-0.25, -0.2) is 0 Å². The van der Waals surface area contributed by atoms with Crippen LogP contribution in [0.5, 0.6) is 0 Å². The van der Waals surface area contributed by atoms with Gasteiger partial charge in [-0.1, -0.05) is 46.3 Å². The zero-order valence-corrected chi connectivity index (χ0v) is 9.67. The SMILES string of the molecule is CC(=O)C(Br)(C(C)=O)c1ccccc1. The number of carbonyl (C=O) groups excluding carboxylic acids is 2. The summed E-state index contributed by atoms with van der Waals surface area (Å²) in [6, 6.07) is 8.97. The lowest BCUT2D eigenvalue weighted by molar-refractivity contribution is -0.128. The van der Waals surface area contributed by atoms with Crippen LogP contribution in [0.3, 0.4) is 0 Å². The molecule has 0 radical (unpaired) electrons. The highest BCUT2D eigenvalue weighted by atomic mass is 79.9. The van der Waals surface area contributed by atoms with E-state index in [1.807, 2.05) is 6.07 Å². The molecule has 2 nitrogen and oxygen atoms in total. The van der Waals surface area contributed by atoms with Crippen LogP contribution >= 0.6 is 15.9 Å². The van der Waals surface area contributed by atoms with Crippen molar-refractivity contribution in [2.75, 3.05) is 0 Å². The summed E-state index contributed by atoms with van der Waals surface area (Å²) in [5.41, 5.74) is 0.681. The molecular formula is C11H11BrO2.